The van der Waals surface area contributed by atoms with Gasteiger partial charge >= 0.3 is 0 Å². The number of rotatable bonds is 2. The Morgan fingerprint density at radius 1 is 1.35 bits per heavy atom. The molecule has 1 aromatic rings. The van der Waals surface area contributed by atoms with Crippen LogP contribution >= 0.6 is 23.2 Å². The summed E-state index contributed by atoms with van der Waals surface area (Å²) in [4.78, 5) is 2.25. The molecule has 0 bridgehead atoms. The molecule has 0 aliphatic carbocycles. The fourth-order valence-corrected chi connectivity index (χ4v) is 2.65. The van der Waals surface area contributed by atoms with E-state index in [1.807, 2.05) is 6.07 Å². The number of methoxy groups -OCH3 is 1. The third-order valence-corrected chi connectivity index (χ3v) is 3.53. The van der Waals surface area contributed by atoms with Crippen molar-refractivity contribution in [2.75, 3.05) is 31.6 Å². The van der Waals surface area contributed by atoms with Crippen molar-refractivity contribution in [2.45, 2.75) is 13.0 Å². The molecule has 17 heavy (non-hydrogen) atoms. The van der Waals surface area contributed by atoms with E-state index in [9.17, 15) is 0 Å². The summed E-state index contributed by atoms with van der Waals surface area (Å²) in [5, 5.41) is 4.62. The van der Waals surface area contributed by atoms with Gasteiger partial charge in [0.15, 0.2) is 0 Å². The van der Waals surface area contributed by atoms with Crippen LogP contribution in [-0.2, 0) is 0 Å². The number of piperazine rings is 1. The zero-order valence-corrected chi connectivity index (χ0v) is 11.5. The number of nitrogens with one attached hydrogen (secondary N) is 1. The normalized spacial score (nSPS) is 20.5. The minimum Gasteiger partial charge on any atom is -0.495 e. The van der Waals surface area contributed by atoms with Gasteiger partial charge in [-0.2, -0.15) is 0 Å². The highest BCUT2D eigenvalue weighted by Gasteiger charge is 2.19. The summed E-state index contributed by atoms with van der Waals surface area (Å²) in [5.41, 5.74) is 0.987. The van der Waals surface area contributed by atoms with Crippen LogP contribution in [0.15, 0.2) is 12.1 Å². The molecule has 1 saturated heterocycles. The molecule has 1 aliphatic rings. The van der Waals surface area contributed by atoms with Gasteiger partial charge in [0.25, 0.3) is 0 Å². The quantitative estimate of drug-likeness (QED) is 0.898. The van der Waals surface area contributed by atoms with Crippen molar-refractivity contribution in [2.24, 2.45) is 0 Å². The maximum atomic E-state index is 6.24. The maximum absolute atomic E-state index is 6.24. The smallest absolute Gasteiger partial charge is 0.139 e. The van der Waals surface area contributed by atoms with Crippen LogP contribution < -0.4 is 15.0 Å². The molecule has 2 rings (SSSR count). The highest BCUT2D eigenvalue weighted by molar-refractivity contribution is 6.37. The van der Waals surface area contributed by atoms with Crippen molar-refractivity contribution in [1.82, 2.24) is 5.32 Å². The summed E-state index contributed by atoms with van der Waals surface area (Å²) in [6.07, 6.45) is 0. The molecule has 1 fully saturated rings. The zero-order valence-electron chi connectivity index (χ0n) is 9.96. The number of anilines is 1. The second kappa shape index (κ2) is 5.34. The van der Waals surface area contributed by atoms with E-state index in [-0.39, 0.29) is 0 Å². The van der Waals surface area contributed by atoms with E-state index in [1.54, 1.807) is 13.2 Å². The predicted molar refractivity (Wildman–Crippen MR) is 72.7 cm³/mol. The predicted octanol–water partition coefficient (Wildman–Crippen LogP) is 2.80. The lowest BCUT2D eigenvalue weighted by Gasteiger charge is -2.34. The molecule has 1 aliphatic heterocycles. The Morgan fingerprint density at radius 3 is 2.76 bits per heavy atom. The third kappa shape index (κ3) is 2.79. The number of hydrogen-bond acceptors (Lipinski definition) is 3. The minimum atomic E-state index is 0.460. The van der Waals surface area contributed by atoms with Crippen molar-refractivity contribution in [3.05, 3.63) is 22.2 Å². The Morgan fingerprint density at radius 2 is 2.12 bits per heavy atom. The molecule has 3 nitrogen and oxygen atoms in total. The Balaban J connectivity index is 2.30. The second-order valence-corrected chi connectivity index (χ2v) is 5.05. The van der Waals surface area contributed by atoms with Gasteiger partial charge in [0.2, 0.25) is 0 Å². The largest absolute Gasteiger partial charge is 0.495 e. The molecular formula is C12H16Cl2N2O. The highest BCUT2D eigenvalue weighted by atomic mass is 35.5. The monoisotopic (exact) mass is 274 g/mol. The lowest BCUT2D eigenvalue weighted by Crippen LogP contribution is -2.49. The van der Waals surface area contributed by atoms with Crippen molar-refractivity contribution in [3.63, 3.8) is 0 Å². The molecular weight excluding hydrogens is 259 g/mol. The van der Waals surface area contributed by atoms with Gasteiger partial charge in [0.05, 0.1) is 22.8 Å². The van der Waals surface area contributed by atoms with E-state index in [2.05, 4.69) is 17.1 Å². The molecule has 1 aromatic carbocycles. The van der Waals surface area contributed by atoms with Crippen LogP contribution in [0.25, 0.3) is 0 Å². The van der Waals surface area contributed by atoms with Gasteiger partial charge in [-0.1, -0.05) is 23.2 Å². The fraction of sp³-hybridized carbons (Fsp3) is 0.500. The van der Waals surface area contributed by atoms with E-state index < -0.39 is 0 Å². The van der Waals surface area contributed by atoms with Crippen LogP contribution in [-0.4, -0.2) is 32.8 Å². The van der Waals surface area contributed by atoms with Gasteiger partial charge < -0.3 is 15.0 Å². The van der Waals surface area contributed by atoms with E-state index in [0.29, 0.717) is 21.8 Å². The Labute approximate surface area is 112 Å². The average molecular weight is 275 g/mol. The number of hydrogen-bond donors (Lipinski definition) is 1. The first-order chi connectivity index (χ1) is 8.11. The van der Waals surface area contributed by atoms with Crippen LogP contribution in [0.3, 0.4) is 0 Å². The topological polar surface area (TPSA) is 24.5 Å². The molecule has 1 atom stereocenters. The van der Waals surface area contributed by atoms with Crippen LogP contribution in [0.2, 0.25) is 10.0 Å². The van der Waals surface area contributed by atoms with Crippen molar-refractivity contribution in [3.8, 4) is 5.75 Å². The summed E-state index contributed by atoms with van der Waals surface area (Å²) < 4.78 is 5.23. The molecule has 94 valence electrons. The Hall–Kier alpha value is -0.640. The van der Waals surface area contributed by atoms with Crippen LogP contribution in [0.4, 0.5) is 5.69 Å². The lowest BCUT2D eigenvalue weighted by atomic mass is 10.2. The fourth-order valence-electron chi connectivity index (χ4n) is 2.07. The van der Waals surface area contributed by atoms with Gasteiger partial charge in [0, 0.05) is 31.7 Å². The SMILES string of the molecule is COc1cc(N2CCN[C@@H](C)C2)c(Cl)cc1Cl. The molecule has 0 radical (unpaired) electrons. The molecule has 1 heterocycles. The summed E-state index contributed by atoms with van der Waals surface area (Å²) in [5.74, 6) is 0.664. The average Bonchev–Trinajstić information content (AvgIpc) is 2.29. The minimum absolute atomic E-state index is 0.460. The zero-order chi connectivity index (χ0) is 12.4. The van der Waals surface area contributed by atoms with Gasteiger partial charge in [0.1, 0.15) is 5.75 Å². The van der Waals surface area contributed by atoms with Gasteiger partial charge in [-0.05, 0) is 13.0 Å². The lowest BCUT2D eigenvalue weighted by molar-refractivity contribution is 0.414. The summed E-state index contributed by atoms with van der Waals surface area (Å²) >= 11 is 12.3. The van der Waals surface area contributed by atoms with Crippen molar-refractivity contribution >= 4 is 28.9 Å². The number of nitrogens with zero attached hydrogens (tertiary/aromatic N) is 1. The molecule has 1 N–H and O–H groups in total. The van der Waals surface area contributed by atoms with E-state index in [1.165, 1.54) is 0 Å². The summed E-state index contributed by atoms with van der Waals surface area (Å²) in [6.45, 7) is 5.00. The standard InChI is InChI=1S/C12H16Cl2N2O/c1-8-7-16(4-3-15-8)11-6-12(17-2)10(14)5-9(11)13/h5-6,8,15H,3-4,7H2,1-2H3/t8-/m0/s1. The third-order valence-electron chi connectivity index (χ3n) is 2.93. The highest BCUT2D eigenvalue weighted by Crippen LogP contribution is 2.36. The summed E-state index contributed by atoms with van der Waals surface area (Å²) in [7, 11) is 1.61. The first kappa shape index (κ1) is 12.8. The molecule has 0 saturated carbocycles. The van der Waals surface area contributed by atoms with Crippen LogP contribution in [0, 0.1) is 0 Å². The van der Waals surface area contributed by atoms with E-state index >= 15 is 0 Å². The molecule has 0 aromatic heterocycles. The second-order valence-electron chi connectivity index (χ2n) is 4.24. The van der Waals surface area contributed by atoms with Crippen LogP contribution in [0.5, 0.6) is 5.75 Å². The summed E-state index contributed by atoms with van der Waals surface area (Å²) in [6, 6.07) is 4.11. The molecule has 5 heteroatoms. The van der Waals surface area contributed by atoms with E-state index in [4.69, 9.17) is 27.9 Å². The molecule has 0 unspecified atom stereocenters. The van der Waals surface area contributed by atoms with Gasteiger partial charge in [-0.15, -0.1) is 0 Å². The number of benzene rings is 1. The number of ether oxygens (including phenoxy) is 1. The van der Waals surface area contributed by atoms with Gasteiger partial charge in [-0.25, -0.2) is 0 Å². The Bertz CT molecular complexity index is 412. The first-order valence-corrected chi connectivity index (χ1v) is 6.38. The van der Waals surface area contributed by atoms with Crippen LogP contribution in [0.1, 0.15) is 6.92 Å². The molecule has 0 amide bonds. The maximum Gasteiger partial charge on any atom is 0.139 e. The number of halogens is 2. The van der Waals surface area contributed by atoms with Gasteiger partial charge in [-0.3, -0.25) is 0 Å². The first-order valence-electron chi connectivity index (χ1n) is 5.63. The van der Waals surface area contributed by atoms with Crippen molar-refractivity contribution < 1.29 is 4.74 Å². The van der Waals surface area contributed by atoms with E-state index in [0.717, 1.165) is 25.3 Å². The van der Waals surface area contributed by atoms with Crippen molar-refractivity contribution in [1.29, 1.82) is 0 Å². The molecule has 0 spiro atoms. The Kier molecular flexibility index (Phi) is 4.02.